The molecule has 0 unspecified atom stereocenters. The van der Waals surface area contributed by atoms with Gasteiger partial charge in [0.05, 0.1) is 7.11 Å². The Labute approximate surface area is 149 Å². The smallest absolute Gasteiger partial charge is 0.257 e. The zero-order valence-corrected chi connectivity index (χ0v) is 14.9. The standard InChI is InChI=1S/C18H19BrFNO3/c1-23-15-7-4-13(5-8-15)3-2-10-21-18(22)12-24-17-9-6-14(19)11-16(17)20/h4-9,11H,2-3,10,12H2,1H3,(H,21,22). The SMILES string of the molecule is COc1ccc(CCCNC(=O)COc2ccc(Br)cc2F)cc1. The summed E-state index contributed by atoms with van der Waals surface area (Å²) in [5.74, 6) is 0.111. The van der Waals surface area contributed by atoms with E-state index < -0.39 is 5.82 Å². The van der Waals surface area contributed by atoms with Crippen LogP contribution in [0.1, 0.15) is 12.0 Å². The first-order chi connectivity index (χ1) is 11.6. The van der Waals surface area contributed by atoms with Gasteiger partial charge in [0, 0.05) is 11.0 Å². The monoisotopic (exact) mass is 395 g/mol. The van der Waals surface area contributed by atoms with E-state index in [1.807, 2.05) is 24.3 Å². The summed E-state index contributed by atoms with van der Waals surface area (Å²) < 4.78 is 24.5. The number of rotatable bonds is 8. The second kappa shape index (κ2) is 9.27. The number of carbonyl (C=O) groups is 1. The largest absolute Gasteiger partial charge is 0.497 e. The fourth-order valence-corrected chi connectivity index (χ4v) is 2.43. The normalized spacial score (nSPS) is 10.3. The van der Waals surface area contributed by atoms with E-state index in [0.717, 1.165) is 18.6 Å². The molecule has 0 atom stereocenters. The Bertz CT molecular complexity index is 676. The molecule has 0 heterocycles. The number of halogens is 2. The highest BCUT2D eigenvalue weighted by Gasteiger charge is 2.07. The van der Waals surface area contributed by atoms with Crippen molar-refractivity contribution in [1.29, 1.82) is 0 Å². The first-order valence-corrected chi connectivity index (χ1v) is 8.35. The van der Waals surface area contributed by atoms with Crippen LogP contribution < -0.4 is 14.8 Å². The van der Waals surface area contributed by atoms with E-state index in [2.05, 4.69) is 21.2 Å². The lowest BCUT2D eigenvalue weighted by Crippen LogP contribution is -2.30. The fourth-order valence-electron chi connectivity index (χ4n) is 2.10. The van der Waals surface area contributed by atoms with Crippen LogP contribution in [0, 0.1) is 5.82 Å². The predicted octanol–water partition coefficient (Wildman–Crippen LogP) is 3.72. The Morgan fingerprint density at radius 2 is 1.96 bits per heavy atom. The summed E-state index contributed by atoms with van der Waals surface area (Å²) >= 11 is 3.16. The van der Waals surface area contributed by atoms with Crippen LogP contribution >= 0.6 is 15.9 Å². The molecule has 1 N–H and O–H groups in total. The molecular formula is C18H19BrFNO3. The van der Waals surface area contributed by atoms with Crippen molar-refractivity contribution in [2.45, 2.75) is 12.8 Å². The van der Waals surface area contributed by atoms with Gasteiger partial charge < -0.3 is 14.8 Å². The van der Waals surface area contributed by atoms with E-state index >= 15 is 0 Å². The second-order valence-electron chi connectivity index (χ2n) is 5.17. The van der Waals surface area contributed by atoms with Crippen LogP contribution in [0.15, 0.2) is 46.9 Å². The number of aryl methyl sites for hydroxylation is 1. The van der Waals surface area contributed by atoms with Crippen LogP contribution in [-0.2, 0) is 11.2 Å². The third-order valence-corrected chi connectivity index (χ3v) is 3.87. The molecule has 0 bridgehead atoms. The summed E-state index contributed by atoms with van der Waals surface area (Å²) in [6, 6.07) is 12.3. The molecule has 4 nitrogen and oxygen atoms in total. The van der Waals surface area contributed by atoms with Crippen molar-refractivity contribution in [2.75, 3.05) is 20.3 Å². The van der Waals surface area contributed by atoms with Crippen molar-refractivity contribution < 1.29 is 18.7 Å². The van der Waals surface area contributed by atoms with Gasteiger partial charge in [0.15, 0.2) is 18.2 Å². The van der Waals surface area contributed by atoms with Crippen LogP contribution in [0.25, 0.3) is 0 Å². The van der Waals surface area contributed by atoms with Crippen LogP contribution in [0.5, 0.6) is 11.5 Å². The number of benzene rings is 2. The van der Waals surface area contributed by atoms with Gasteiger partial charge in [0.1, 0.15) is 5.75 Å². The molecule has 0 aliphatic rings. The summed E-state index contributed by atoms with van der Waals surface area (Å²) in [5, 5.41) is 2.76. The van der Waals surface area contributed by atoms with E-state index in [4.69, 9.17) is 9.47 Å². The minimum atomic E-state index is -0.503. The van der Waals surface area contributed by atoms with Gasteiger partial charge in [-0.3, -0.25) is 4.79 Å². The fraction of sp³-hybridized carbons (Fsp3) is 0.278. The maximum absolute atomic E-state index is 13.6. The van der Waals surface area contributed by atoms with Crippen molar-refractivity contribution in [3.05, 3.63) is 58.3 Å². The van der Waals surface area contributed by atoms with Crippen molar-refractivity contribution in [2.24, 2.45) is 0 Å². The Hall–Kier alpha value is -2.08. The van der Waals surface area contributed by atoms with Gasteiger partial charge >= 0.3 is 0 Å². The van der Waals surface area contributed by atoms with Gasteiger partial charge in [0.25, 0.3) is 5.91 Å². The number of ether oxygens (including phenoxy) is 2. The molecule has 1 amide bonds. The van der Waals surface area contributed by atoms with Gasteiger partial charge in [0.2, 0.25) is 0 Å². The third kappa shape index (κ3) is 5.85. The Morgan fingerprint density at radius 3 is 2.62 bits per heavy atom. The lowest BCUT2D eigenvalue weighted by Gasteiger charge is -2.08. The van der Waals surface area contributed by atoms with Crippen molar-refractivity contribution in [1.82, 2.24) is 5.32 Å². The minimum absolute atomic E-state index is 0.0617. The predicted molar refractivity (Wildman–Crippen MR) is 93.9 cm³/mol. The maximum Gasteiger partial charge on any atom is 0.257 e. The molecule has 24 heavy (non-hydrogen) atoms. The first-order valence-electron chi connectivity index (χ1n) is 7.56. The molecule has 2 aromatic rings. The van der Waals surface area contributed by atoms with E-state index in [9.17, 15) is 9.18 Å². The highest BCUT2D eigenvalue weighted by Crippen LogP contribution is 2.21. The number of hydrogen-bond donors (Lipinski definition) is 1. The minimum Gasteiger partial charge on any atom is -0.497 e. The number of hydrogen-bond acceptors (Lipinski definition) is 3. The average molecular weight is 396 g/mol. The Balaban J connectivity index is 1.65. The molecule has 0 aliphatic carbocycles. The average Bonchev–Trinajstić information content (AvgIpc) is 2.58. The first kappa shape index (κ1) is 18.3. The molecule has 6 heteroatoms. The van der Waals surface area contributed by atoms with Crippen LogP contribution in [0.3, 0.4) is 0 Å². The number of methoxy groups -OCH3 is 1. The summed E-state index contributed by atoms with van der Waals surface area (Å²) in [5.41, 5.74) is 1.18. The third-order valence-electron chi connectivity index (χ3n) is 3.38. The molecule has 0 aromatic heterocycles. The van der Waals surface area contributed by atoms with E-state index in [0.29, 0.717) is 11.0 Å². The topological polar surface area (TPSA) is 47.6 Å². The highest BCUT2D eigenvalue weighted by atomic mass is 79.9. The number of amides is 1. The van der Waals surface area contributed by atoms with E-state index in [1.54, 1.807) is 13.2 Å². The maximum atomic E-state index is 13.6. The number of nitrogens with one attached hydrogen (secondary N) is 1. The Morgan fingerprint density at radius 1 is 1.21 bits per heavy atom. The molecule has 0 saturated carbocycles. The molecule has 0 spiro atoms. The zero-order chi connectivity index (χ0) is 17.4. The molecule has 2 rings (SSSR count). The van der Waals surface area contributed by atoms with Crippen molar-refractivity contribution >= 4 is 21.8 Å². The van der Waals surface area contributed by atoms with E-state index in [1.165, 1.54) is 17.7 Å². The summed E-state index contributed by atoms with van der Waals surface area (Å²) in [6.07, 6.45) is 1.66. The molecule has 0 radical (unpaired) electrons. The van der Waals surface area contributed by atoms with Gasteiger partial charge in [-0.1, -0.05) is 28.1 Å². The van der Waals surface area contributed by atoms with Gasteiger partial charge in [-0.2, -0.15) is 0 Å². The molecule has 2 aromatic carbocycles. The summed E-state index contributed by atoms with van der Waals surface area (Å²) in [6.45, 7) is 0.331. The van der Waals surface area contributed by atoms with Crippen molar-refractivity contribution in [3.63, 3.8) is 0 Å². The zero-order valence-electron chi connectivity index (χ0n) is 13.4. The summed E-state index contributed by atoms with van der Waals surface area (Å²) in [4.78, 5) is 11.7. The van der Waals surface area contributed by atoms with Gasteiger partial charge in [-0.15, -0.1) is 0 Å². The van der Waals surface area contributed by atoms with Crippen LogP contribution in [-0.4, -0.2) is 26.2 Å². The van der Waals surface area contributed by atoms with Crippen molar-refractivity contribution in [3.8, 4) is 11.5 Å². The van der Waals surface area contributed by atoms with Gasteiger partial charge in [-0.05, 0) is 48.7 Å². The number of carbonyl (C=O) groups excluding carboxylic acids is 1. The lowest BCUT2D eigenvalue weighted by molar-refractivity contribution is -0.123. The van der Waals surface area contributed by atoms with Crippen LogP contribution in [0.4, 0.5) is 4.39 Å². The molecule has 0 fully saturated rings. The lowest BCUT2D eigenvalue weighted by atomic mass is 10.1. The highest BCUT2D eigenvalue weighted by molar-refractivity contribution is 9.10. The van der Waals surface area contributed by atoms with Gasteiger partial charge in [-0.25, -0.2) is 4.39 Å². The summed E-state index contributed by atoms with van der Waals surface area (Å²) in [7, 11) is 1.63. The molecule has 0 saturated heterocycles. The second-order valence-corrected chi connectivity index (χ2v) is 6.08. The molecule has 0 aliphatic heterocycles. The van der Waals surface area contributed by atoms with E-state index in [-0.39, 0.29) is 18.3 Å². The molecule has 128 valence electrons. The Kier molecular flexibility index (Phi) is 7.06. The molecular weight excluding hydrogens is 377 g/mol. The van der Waals surface area contributed by atoms with Crippen LogP contribution in [0.2, 0.25) is 0 Å². The quantitative estimate of drug-likeness (QED) is 0.692.